The third-order valence-corrected chi connectivity index (χ3v) is 6.38. The van der Waals surface area contributed by atoms with Crippen molar-refractivity contribution in [3.05, 3.63) is 34.2 Å². The maximum absolute atomic E-state index is 13.4. The average Bonchev–Trinajstić information content (AvgIpc) is 3.09. The molecular weight excluding hydrogens is 473 g/mol. The molecule has 158 valence electrons. The minimum absolute atomic E-state index is 0.0581. The second-order valence-electron chi connectivity index (χ2n) is 6.23. The van der Waals surface area contributed by atoms with E-state index in [9.17, 15) is 18.0 Å². The van der Waals surface area contributed by atoms with E-state index in [1.807, 2.05) is 0 Å². The fourth-order valence-electron chi connectivity index (χ4n) is 2.66. The van der Waals surface area contributed by atoms with Gasteiger partial charge in [0.1, 0.15) is 5.82 Å². The molecule has 14 heteroatoms. The van der Waals surface area contributed by atoms with Crippen molar-refractivity contribution in [1.82, 2.24) is 19.3 Å². The van der Waals surface area contributed by atoms with Gasteiger partial charge in [0.15, 0.2) is 5.69 Å². The summed E-state index contributed by atoms with van der Waals surface area (Å²) in [5.41, 5.74) is 0.563. The summed E-state index contributed by atoms with van der Waals surface area (Å²) >= 11 is 3.08. The van der Waals surface area contributed by atoms with Crippen molar-refractivity contribution in [2.24, 2.45) is 11.1 Å². The summed E-state index contributed by atoms with van der Waals surface area (Å²) in [6.45, 7) is 3.20. The highest BCUT2D eigenvalue weighted by atomic mass is 79.9. The second kappa shape index (κ2) is 9.02. The Balaban J connectivity index is 1.59. The van der Waals surface area contributed by atoms with E-state index in [4.69, 9.17) is 4.63 Å². The zero-order valence-corrected chi connectivity index (χ0v) is 17.7. The fourth-order valence-corrected chi connectivity index (χ4v) is 4.40. The third kappa shape index (κ3) is 5.01. The molecule has 0 spiro atoms. The Hall–Kier alpha value is -2.29. The number of aromatic nitrogens is 2. The molecule has 0 unspecified atom stereocenters. The first kappa shape index (κ1) is 21.4. The molecule has 1 fully saturated rings. The Morgan fingerprint density at radius 1 is 1.45 bits per heavy atom. The van der Waals surface area contributed by atoms with Gasteiger partial charge < -0.3 is 15.8 Å². The summed E-state index contributed by atoms with van der Waals surface area (Å²) in [7, 11) is -3.43. The molecule has 2 aromatic rings. The minimum Gasteiger partial charge on any atom is -0.409 e. The zero-order chi connectivity index (χ0) is 21.0. The predicted molar refractivity (Wildman–Crippen MR) is 106 cm³/mol. The van der Waals surface area contributed by atoms with Gasteiger partial charge in [0.2, 0.25) is 11.7 Å². The van der Waals surface area contributed by atoms with E-state index >= 15 is 0 Å². The van der Waals surface area contributed by atoms with E-state index in [1.165, 1.54) is 22.5 Å². The summed E-state index contributed by atoms with van der Waals surface area (Å²) in [5.74, 6) is -0.200. The summed E-state index contributed by atoms with van der Waals surface area (Å²) in [5, 5.41) is 25.8. The first-order chi connectivity index (χ1) is 13.8. The predicted octanol–water partition coefficient (Wildman–Crippen LogP) is 1.42. The van der Waals surface area contributed by atoms with E-state index in [-0.39, 0.29) is 27.7 Å². The Morgan fingerprint density at radius 2 is 2.21 bits per heavy atom. The lowest BCUT2D eigenvalue weighted by Gasteiger charge is -2.37. The number of hydrogen-bond acceptors (Lipinski definition) is 8. The van der Waals surface area contributed by atoms with Crippen LogP contribution in [0.15, 0.2) is 32.5 Å². The van der Waals surface area contributed by atoms with Gasteiger partial charge in [0.25, 0.3) is 10.2 Å². The van der Waals surface area contributed by atoms with Crippen LogP contribution in [0.1, 0.15) is 12.6 Å². The molecule has 0 amide bonds. The largest absolute Gasteiger partial charge is 0.409 e. The number of nitrogens with one attached hydrogen (secondary N) is 3. The topological polar surface area (TPSA) is 145 Å². The molecule has 0 atom stereocenters. The van der Waals surface area contributed by atoms with Crippen molar-refractivity contribution < 1.29 is 22.6 Å². The standard InChI is InChI=1S/C15H19BrFN7O4S/c1-2-19-29(26,27)24-7-9(8-24)6-18-14-13(22-28-23-14)15(21-25)20-10-3-4-12(17)11(16)5-10/h3-5,9,19,25H,2,6-8H2,1H3,(H,18,23)(H,20,21). The first-order valence-electron chi connectivity index (χ1n) is 8.59. The Morgan fingerprint density at radius 3 is 2.86 bits per heavy atom. The van der Waals surface area contributed by atoms with Crippen LogP contribution in [-0.4, -0.2) is 60.3 Å². The number of hydrogen-bond donors (Lipinski definition) is 4. The van der Waals surface area contributed by atoms with Crippen LogP contribution >= 0.6 is 15.9 Å². The molecule has 3 rings (SSSR count). The van der Waals surface area contributed by atoms with Crippen molar-refractivity contribution in [1.29, 1.82) is 0 Å². The van der Waals surface area contributed by atoms with Crippen molar-refractivity contribution in [3.63, 3.8) is 0 Å². The second-order valence-corrected chi connectivity index (χ2v) is 8.84. The highest BCUT2D eigenvalue weighted by Crippen LogP contribution is 2.22. The van der Waals surface area contributed by atoms with Crippen LogP contribution in [0.2, 0.25) is 0 Å². The molecule has 1 aliphatic rings. The number of nitrogens with zero attached hydrogens (tertiary/aromatic N) is 4. The lowest BCUT2D eigenvalue weighted by Crippen LogP contribution is -2.55. The quantitative estimate of drug-likeness (QED) is 0.187. The van der Waals surface area contributed by atoms with Gasteiger partial charge in [-0.3, -0.25) is 0 Å². The number of halogens is 2. The van der Waals surface area contributed by atoms with Gasteiger partial charge in [-0.05, 0) is 44.4 Å². The van der Waals surface area contributed by atoms with Crippen LogP contribution in [-0.2, 0) is 10.2 Å². The van der Waals surface area contributed by atoms with E-state index in [2.05, 4.69) is 46.8 Å². The molecule has 1 aromatic heterocycles. The maximum atomic E-state index is 13.4. The van der Waals surface area contributed by atoms with Crippen LogP contribution in [0.4, 0.5) is 15.9 Å². The minimum atomic E-state index is -3.43. The molecule has 1 aromatic carbocycles. The van der Waals surface area contributed by atoms with Crippen LogP contribution in [0.3, 0.4) is 0 Å². The highest BCUT2D eigenvalue weighted by Gasteiger charge is 2.35. The molecule has 0 aliphatic carbocycles. The maximum Gasteiger partial charge on any atom is 0.279 e. The first-order valence-corrected chi connectivity index (χ1v) is 10.8. The van der Waals surface area contributed by atoms with Crippen molar-refractivity contribution >= 4 is 43.5 Å². The van der Waals surface area contributed by atoms with E-state index in [1.54, 1.807) is 6.92 Å². The normalized spacial score (nSPS) is 15.9. The van der Waals surface area contributed by atoms with Gasteiger partial charge in [-0.2, -0.15) is 12.7 Å². The molecule has 2 heterocycles. The van der Waals surface area contributed by atoms with Crippen molar-refractivity contribution in [2.75, 3.05) is 36.8 Å². The number of benzene rings is 1. The van der Waals surface area contributed by atoms with Gasteiger partial charge in [-0.1, -0.05) is 12.1 Å². The highest BCUT2D eigenvalue weighted by molar-refractivity contribution is 9.10. The third-order valence-electron chi connectivity index (χ3n) is 4.14. The summed E-state index contributed by atoms with van der Waals surface area (Å²) in [6, 6.07) is 4.17. The van der Waals surface area contributed by atoms with Crippen LogP contribution in [0, 0.1) is 11.7 Å². The van der Waals surface area contributed by atoms with Crippen LogP contribution in [0.5, 0.6) is 0 Å². The van der Waals surface area contributed by atoms with E-state index in [0.29, 0.717) is 31.9 Å². The molecule has 4 N–H and O–H groups in total. The Kier molecular flexibility index (Phi) is 6.66. The van der Waals surface area contributed by atoms with Gasteiger partial charge in [-0.15, -0.1) is 0 Å². The Bertz CT molecular complexity index is 994. The van der Waals surface area contributed by atoms with Crippen LogP contribution in [0.25, 0.3) is 0 Å². The van der Waals surface area contributed by atoms with E-state index in [0.717, 1.165) is 0 Å². The Labute approximate surface area is 174 Å². The molecule has 11 nitrogen and oxygen atoms in total. The monoisotopic (exact) mass is 491 g/mol. The molecule has 1 saturated heterocycles. The summed E-state index contributed by atoms with van der Waals surface area (Å²) in [4.78, 5) is 0. The molecular formula is C15H19BrFN7O4S. The fraction of sp³-hybridized carbons (Fsp3) is 0.400. The summed E-state index contributed by atoms with van der Waals surface area (Å²) in [6.07, 6.45) is 0. The number of oxime groups is 1. The van der Waals surface area contributed by atoms with Gasteiger partial charge >= 0.3 is 0 Å². The lowest BCUT2D eigenvalue weighted by atomic mass is 10.0. The lowest BCUT2D eigenvalue weighted by molar-refractivity contribution is 0.209. The van der Waals surface area contributed by atoms with E-state index < -0.39 is 16.0 Å². The molecule has 29 heavy (non-hydrogen) atoms. The van der Waals surface area contributed by atoms with Gasteiger partial charge in [-0.25, -0.2) is 13.7 Å². The smallest absolute Gasteiger partial charge is 0.279 e. The van der Waals surface area contributed by atoms with Gasteiger partial charge in [0, 0.05) is 37.8 Å². The molecule has 0 bridgehead atoms. The number of rotatable bonds is 8. The molecule has 0 radical (unpaired) electrons. The molecule has 1 aliphatic heterocycles. The molecule has 0 saturated carbocycles. The summed E-state index contributed by atoms with van der Waals surface area (Å²) < 4.78 is 45.8. The van der Waals surface area contributed by atoms with Gasteiger partial charge in [0.05, 0.1) is 4.47 Å². The number of anilines is 2. The number of amidine groups is 1. The zero-order valence-electron chi connectivity index (χ0n) is 15.3. The van der Waals surface area contributed by atoms with Crippen molar-refractivity contribution in [2.45, 2.75) is 6.92 Å². The SMILES string of the molecule is CCNS(=O)(=O)N1CC(CNc2nonc2/C(=N/O)Nc2ccc(F)c(Br)c2)C1. The van der Waals surface area contributed by atoms with Crippen LogP contribution < -0.4 is 15.4 Å². The average molecular weight is 492 g/mol. The van der Waals surface area contributed by atoms with Crippen molar-refractivity contribution in [3.8, 4) is 0 Å².